The zero-order valence-corrected chi connectivity index (χ0v) is 10.1. The molecule has 0 unspecified atom stereocenters. The Labute approximate surface area is 105 Å². The van der Waals surface area contributed by atoms with Crippen LogP contribution in [0.5, 0.6) is 0 Å². The number of hydrogen-bond donors (Lipinski definition) is 1. The van der Waals surface area contributed by atoms with Crippen molar-refractivity contribution in [3.8, 4) is 10.4 Å². The average molecular weight is 274 g/mol. The van der Waals surface area contributed by atoms with Crippen LogP contribution in [0.2, 0.25) is 10.0 Å². The van der Waals surface area contributed by atoms with Crippen molar-refractivity contribution in [1.82, 2.24) is 4.98 Å². The van der Waals surface area contributed by atoms with Gasteiger partial charge in [-0.15, -0.1) is 11.3 Å². The predicted octanol–water partition coefficient (Wildman–Crippen LogP) is 3.82. The fourth-order valence-corrected chi connectivity index (χ4v) is 2.64. The van der Waals surface area contributed by atoms with Gasteiger partial charge in [-0.1, -0.05) is 29.3 Å². The Hall–Kier alpha value is -1.10. The van der Waals surface area contributed by atoms with Crippen molar-refractivity contribution in [3.05, 3.63) is 39.4 Å². The minimum Gasteiger partial charge on any atom is -0.476 e. The summed E-state index contributed by atoms with van der Waals surface area (Å²) >= 11 is 13.0. The normalized spacial score (nSPS) is 10.4. The van der Waals surface area contributed by atoms with Crippen molar-refractivity contribution in [3.63, 3.8) is 0 Å². The first-order chi connectivity index (χ1) is 7.59. The van der Waals surface area contributed by atoms with E-state index in [0.29, 0.717) is 20.5 Å². The molecule has 0 fully saturated rings. The van der Waals surface area contributed by atoms with E-state index < -0.39 is 5.97 Å². The Morgan fingerprint density at radius 1 is 1.38 bits per heavy atom. The van der Waals surface area contributed by atoms with Crippen molar-refractivity contribution < 1.29 is 9.90 Å². The number of benzene rings is 1. The zero-order valence-electron chi connectivity index (χ0n) is 7.78. The third-order valence-electron chi connectivity index (χ3n) is 1.95. The fraction of sp³-hybridized carbons (Fsp3) is 0. The first-order valence-corrected chi connectivity index (χ1v) is 5.85. The highest BCUT2D eigenvalue weighted by atomic mass is 35.5. The van der Waals surface area contributed by atoms with Gasteiger partial charge in [0.05, 0.1) is 15.4 Å². The van der Waals surface area contributed by atoms with Crippen LogP contribution in [0.3, 0.4) is 0 Å². The molecule has 2 aromatic rings. The van der Waals surface area contributed by atoms with Crippen LogP contribution < -0.4 is 0 Å². The van der Waals surface area contributed by atoms with E-state index in [9.17, 15) is 4.79 Å². The Morgan fingerprint density at radius 3 is 2.75 bits per heavy atom. The smallest absolute Gasteiger partial charge is 0.356 e. The van der Waals surface area contributed by atoms with Gasteiger partial charge < -0.3 is 5.11 Å². The summed E-state index contributed by atoms with van der Waals surface area (Å²) in [5, 5.41) is 9.86. The summed E-state index contributed by atoms with van der Waals surface area (Å²) in [4.78, 5) is 15.2. The van der Waals surface area contributed by atoms with Crippen molar-refractivity contribution in [1.29, 1.82) is 0 Å². The van der Waals surface area contributed by atoms with Gasteiger partial charge in [0.25, 0.3) is 0 Å². The highest BCUT2D eigenvalue weighted by Gasteiger charge is 2.17. The molecule has 0 aliphatic rings. The van der Waals surface area contributed by atoms with Gasteiger partial charge in [0, 0.05) is 10.6 Å². The van der Waals surface area contributed by atoms with E-state index in [-0.39, 0.29) is 5.69 Å². The number of carboxylic acids is 1. The van der Waals surface area contributed by atoms with E-state index in [4.69, 9.17) is 28.3 Å². The molecule has 0 aliphatic heterocycles. The molecule has 0 aliphatic carbocycles. The minimum absolute atomic E-state index is 0.00854. The molecule has 1 N–H and O–H groups in total. The Kier molecular flexibility index (Phi) is 3.14. The molecule has 0 saturated heterocycles. The van der Waals surface area contributed by atoms with Crippen LogP contribution in [0.1, 0.15) is 10.5 Å². The molecule has 3 nitrogen and oxygen atoms in total. The van der Waals surface area contributed by atoms with Gasteiger partial charge in [0.2, 0.25) is 0 Å². The lowest BCUT2D eigenvalue weighted by atomic mass is 10.1. The lowest BCUT2D eigenvalue weighted by molar-refractivity contribution is 0.0692. The molecule has 0 amide bonds. The van der Waals surface area contributed by atoms with E-state index in [1.165, 1.54) is 16.8 Å². The summed E-state index contributed by atoms with van der Waals surface area (Å²) in [5.74, 6) is -1.07. The molecule has 82 valence electrons. The largest absolute Gasteiger partial charge is 0.476 e. The van der Waals surface area contributed by atoms with Gasteiger partial charge in [0.1, 0.15) is 0 Å². The molecule has 0 spiro atoms. The van der Waals surface area contributed by atoms with Crippen LogP contribution in [-0.4, -0.2) is 16.1 Å². The number of hydrogen-bond acceptors (Lipinski definition) is 3. The number of carboxylic acid groups (broad SMARTS) is 1. The summed E-state index contributed by atoms with van der Waals surface area (Å²) in [6, 6.07) is 4.92. The molecular weight excluding hydrogens is 269 g/mol. The maximum Gasteiger partial charge on any atom is 0.356 e. The molecule has 16 heavy (non-hydrogen) atoms. The molecule has 0 atom stereocenters. The van der Waals surface area contributed by atoms with Crippen LogP contribution in [0.25, 0.3) is 10.4 Å². The molecule has 0 bridgehead atoms. The lowest BCUT2D eigenvalue weighted by Gasteiger charge is -2.02. The fourth-order valence-electron chi connectivity index (χ4n) is 1.26. The van der Waals surface area contributed by atoms with Crippen LogP contribution >= 0.6 is 34.5 Å². The summed E-state index contributed by atoms with van der Waals surface area (Å²) in [5.41, 5.74) is 2.11. The second-order valence-corrected chi connectivity index (χ2v) is 4.66. The van der Waals surface area contributed by atoms with E-state index in [2.05, 4.69) is 4.98 Å². The Bertz CT molecular complexity index is 554. The second kappa shape index (κ2) is 4.41. The van der Waals surface area contributed by atoms with Crippen molar-refractivity contribution in [2.24, 2.45) is 0 Å². The molecule has 1 aromatic heterocycles. The van der Waals surface area contributed by atoms with Crippen molar-refractivity contribution in [2.45, 2.75) is 0 Å². The minimum atomic E-state index is -1.07. The predicted molar refractivity (Wildman–Crippen MR) is 64.5 cm³/mol. The van der Waals surface area contributed by atoms with E-state index in [1.54, 1.807) is 18.2 Å². The van der Waals surface area contributed by atoms with E-state index in [0.717, 1.165) is 0 Å². The molecular formula is C10H5Cl2NO2S. The van der Waals surface area contributed by atoms with Crippen LogP contribution in [-0.2, 0) is 0 Å². The van der Waals surface area contributed by atoms with Crippen LogP contribution in [0.4, 0.5) is 0 Å². The van der Waals surface area contributed by atoms with Gasteiger partial charge in [-0.2, -0.15) is 0 Å². The number of halogens is 2. The molecule has 1 aromatic carbocycles. The van der Waals surface area contributed by atoms with E-state index >= 15 is 0 Å². The SMILES string of the molecule is O=C(O)c1ncsc1-c1ccc(Cl)cc1Cl. The van der Waals surface area contributed by atoms with E-state index in [1.807, 2.05) is 0 Å². The van der Waals surface area contributed by atoms with Gasteiger partial charge in [-0.05, 0) is 12.1 Å². The maximum absolute atomic E-state index is 10.9. The summed E-state index contributed by atoms with van der Waals surface area (Å²) in [7, 11) is 0. The standard InChI is InChI=1S/C10H5Cl2NO2S/c11-5-1-2-6(7(12)3-5)9-8(10(14)15)13-4-16-9/h1-4H,(H,14,15). The maximum atomic E-state index is 10.9. The average Bonchev–Trinajstić information content (AvgIpc) is 2.66. The summed E-state index contributed by atoms with van der Waals surface area (Å²) in [6.07, 6.45) is 0. The Morgan fingerprint density at radius 2 is 2.12 bits per heavy atom. The number of nitrogens with zero attached hydrogens (tertiary/aromatic N) is 1. The van der Waals surface area contributed by atoms with Crippen LogP contribution in [0.15, 0.2) is 23.7 Å². The third-order valence-corrected chi connectivity index (χ3v) is 3.35. The third kappa shape index (κ3) is 2.04. The molecule has 2 rings (SSSR count). The van der Waals surface area contributed by atoms with Crippen molar-refractivity contribution in [2.75, 3.05) is 0 Å². The van der Waals surface area contributed by atoms with Gasteiger partial charge >= 0.3 is 5.97 Å². The molecule has 0 radical (unpaired) electrons. The van der Waals surface area contributed by atoms with Crippen molar-refractivity contribution >= 4 is 40.5 Å². The summed E-state index contributed by atoms with van der Waals surface area (Å²) in [6.45, 7) is 0. The van der Waals surface area contributed by atoms with Gasteiger partial charge in [-0.25, -0.2) is 9.78 Å². The molecule has 0 saturated carbocycles. The number of aromatic carboxylic acids is 1. The molecule has 1 heterocycles. The number of carbonyl (C=O) groups is 1. The number of thiazole rings is 1. The highest BCUT2D eigenvalue weighted by molar-refractivity contribution is 7.13. The monoisotopic (exact) mass is 273 g/mol. The zero-order chi connectivity index (χ0) is 11.7. The quantitative estimate of drug-likeness (QED) is 0.905. The highest BCUT2D eigenvalue weighted by Crippen LogP contribution is 2.34. The topological polar surface area (TPSA) is 50.2 Å². The van der Waals surface area contributed by atoms with Crippen LogP contribution in [0, 0.1) is 0 Å². The van der Waals surface area contributed by atoms with Gasteiger partial charge in [0.15, 0.2) is 5.69 Å². The lowest BCUT2D eigenvalue weighted by Crippen LogP contribution is -1.98. The Balaban J connectivity index is 2.59. The second-order valence-electron chi connectivity index (χ2n) is 2.96. The van der Waals surface area contributed by atoms with Gasteiger partial charge in [-0.3, -0.25) is 0 Å². The first kappa shape index (κ1) is 11.4. The molecule has 6 heteroatoms. The number of aromatic nitrogens is 1. The summed E-state index contributed by atoms with van der Waals surface area (Å²) < 4.78 is 0. The number of rotatable bonds is 2. The first-order valence-electron chi connectivity index (χ1n) is 4.22.